The Hall–Kier alpha value is -2.43. The minimum absolute atomic E-state index is 0.0201. The molecule has 1 aromatic carbocycles. The Balaban J connectivity index is 1.86. The molecule has 0 aliphatic carbocycles. The van der Waals surface area contributed by atoms with E-state index in [2.05, 4.69) is 4.98 Å². The Labute approximate surface area is 147 Å². The Bertz CT molecular complexity index is 918. The molecule has 0 fully saturated rings. The first kappa shape index (κ1) is 19.3. The topological polar surface area (TPSA) is 49.0 Å². The number of nitrogens with one attached hydrogen (secondary N) is 1. The number of alkyl halides is 6. The highest BCUT2D eigenvalue weighted by atomic mass is 19.4. The minimum Gasteiger partial charge on any atom is -0.303 e. The Morgan fingerprint density at radius 2 is 1.78 bits per heavy atom. The maximum Gasteiger partial charge on any atom is 0.449 e. The van der Waals surface area contributed by atoms with Crippen LogP contribution in [-0.4, -0.2) is 21.4 Å². The fourth-order valence-corrected chi connectivity index (χ4v) is 2.93. The van der Waals surface area contributed by atoms with E-state index in [4.69, 9.17) is 0 Å². The number of H-pyrrole nitrogens is 1. The highest BCUT2D eigenvalue weighted by Gasteiger charge is 2.36. The highest BCUT2D eigenvalue weighted by molar-refractivity contribution is 5.28. The van der Waals surface area contributed by atoms with E-state index in [1.54, 1.807) is 4.98 Å². The van der Waals surface area contributed by atoms with Crippen molar-refractivity contribution in [3.05, 3.63) is 62.6 Å². The zero-order valence-electron chi connectivity index (χ0n) is 13.5. The van der Waals surface area contributed by atoms with E-state index in [1.165, 1.54) is 4.90 Å². The molecule has 27 heavy (non-hydrogen) atoms. The number of rotatable bonds is 2. The number of aromatic nitrogens is 2. The van der Waals surface area contributed by atoms with Crippen molar-refractivity contribution in [1.29, 1.82) is 0 Å². The molecule has 3 rings (SSSR count). The summed E-state index contributed by atoms with van der Waals surface area (Å²) in [4.78, 5) is 18.4. The van der Waals surface area contributed by atoms with Crippen LogP contribution in [0, 0.1) is 5.82 Å². The molecule has 1 aliphatic heterocycles. The maximum atomic E-state index is 13.5. The molecule has 0 radical (unpaired) electrons. The van der Waals surface area contributed by atoms with Gasteiger partial charge in [0.15, 0.2) is 0 Å². The SMILES string of the molecule is O=c1[nH]c(C(F)(F)F)nc2c1CCN(Cc1cc(F)cc(C(F)(F)F)c1)C2. The zero-order chi connectivity index (χ0) is 20.0. The van der Waals surface area contributed by atoms with Crippen LogP contribution >= 0.6 is 0 Å². The molecule has 1 N–H and O–H groups in total. The van der Waals surface area contributed by atoms with E-state index in [0.29, 0.717) is 6.07 Å². The number of hydrogen-bond donors (Lipinski definition) is 1. The summed E-state index contributed by atoms with van der Waals surface area (Å²) in [6.45, 7) is -0.0860. The molecule has 1 aromatic heterocycles. The van der Waals surface area contributed by atoms with Crippen molar-refractivity contribution in [3.63, 3.8) is 0 Å². The first-order valence-electron chi connectivity index (χ1n) is 7.72. The summed E-state index contributed by atoms with van der Waals surface area (Å²) >= 11 is 0. The zero-order valence-corrected chi connectivity index (χ0v) is 13.5. The quantitative estimate of drug-likeness (QED) is 0.792. The van der Waals surface area contributed by atoms with E-state index in [1.807, 2.05) is 0 Å². The summed E-state index contributed by atoms with van der Waals surface area (Å²) in [5.41, 5.74) is -2.01. The van der Waals surface area contributed by atoms with Gasteiger partial charge in [0.25, 0.3) is 5.56 Å². The van der Waals surface area contributed by atoms with Crippen LogP contribution in [-0.2, 0) is 31.9 Å². The second-order valence-corrected chi connectivity index (χ2v) is 6.14. The van der Waals surface area contributed by atoms with Gasteiger partial charge in [0.1, 0.15) is 5.82 Å². The molecule has 146 valence electrons. The van der Waals surface area contributed by atoms with Crippen LogP contribution < -0.4 is 5.56 Å². The molecule has 0 bridgehead atoms. The minimum atomic E-state index is -4.83. The number of halogens is 7. The molecule has 0 atom stereocenters. The van der Waals surface area contributed by atoms with Crippen LogP contribution in [0.15, 0.2) is 23.0 Å². The van der Waals surface area contributed by atoms with Gasteiger partial charge in [-0.1, -0.05) is 0 Å². The molecule has 0 amide bonds. The third kappa shape index (κ3) is 4.29. The van der Waals surface area contributed by atoms with Crippen molar-refractivity contribution in [2.45, 2.75) is 31.9 Å². The maximum absolute atomic E-state index is 13.5. The van der Waals surface area contributed by atoms with Gasteiger partial charge in [-0.05, 0) is 30.2 Å². The average molecular weight is 395 g/mol. The summed E-state index contributed by atoms with van der Waals surface area (Å²) in [6.07, 6.45) is -9.47. The molecule has 0 spiro atoms. The first-order chi connectivity index (χ1) is 12.4. The summed E-state index contributed by atoms with van der Waals surface area (Å²) in [5.74, 6) is -2.50. The summed E-state index contributed by atoms with van der Waals surface area (Å²) in [7, 11) is 0. The van der Waals surface area contributed by atoms with Gasteiger partial charge in [0.2, 0.25) is 5.82 Å². The molecule has 0 saturated carbocycles. The Morgan fingerprint density at radius 1 is 1.07 bits per heavy atom. The normalized spacial score (nSPS) is 15.7. The predicted molar refractivity (Wildman–Crippen MR) is 79.1 cm³/mol. The molecule has 1 aliphatic rings. The standard InChI is InChI=1S/C16H12F7N3O/c17-10-4-8(3-9(5-10)15(18,19)20)6-26-2-1-11-12(7-26)24-14(16(21,22)23)25-13(11)27/h3-5H,1-2,6-7H2,(H,24,25,27). The van der Waals surface area contributed by atoms with E-state index in [0.717, 1.165) is 12.1 Å². The van der Waals surface area contributed by atoms with Crippen molar-refractivity contribution < 1.29 is 30.7 Å². The van der Waals surface area contributed by atoms with E-state index < -0.39 is 35.1 Å². The van der Waals surface area contributed by atoms with Crippen LogP contribution in [0.2, 0.25) is 0 Å². The Morgan fingerprint density at radius 3 is 2.41 bits per heavy atom. The monoisotopic (exact) mass is 395 g/mol. The molecular weight excluding hydrogens is 383 g/mol. The molecule has 0 unspecified atom stereocenters. The third-order valence-electron chi connectivity index (χ3n) is 4.11. The molecular formula is C16H12F7N3O. The van der Waals surface area contributed by atoms with Gasteiger partial charge in [0, 0.05) is 25.2 Å². The Kier molecular flexibility index (Phi) is 4.74. The van der Waals surface area contributed by atoms with Gasteiger partial charge in [-0.3, -0.25) is 9.69 Å². The smallest absolute Gasteiger partial charge is 0.303 e. The number of fused-ring (bicyclic) bond motifs is 1. The van der Waals surface area contributed by atoms with Crippen molar-refractivity contribution in [2.75, 3.05) is 6.54 Å². The van der Waals surface area contributed by atoms with Crippen LogP contribution in [0.5, 0.6) is 0 Å². The van der Waals surface area contributed by atoms with Crippen molar-refractivity contribution in [1.82, 2.24) is 14.9 Å². The third-order valence-corrected chi connectivity index (χ3v) is 4.11. The first-order valence-corrected chi connectivity index (χ1v) is 7.72. The number of nitrogens with zero attached hydrogens (tertiary/aromatic N) is 2. The predicted octanol–water partition coefficient (Wildman–Crippen LogP) is 3.50. The van der Waals surface area contributed by atoms with Gasteiger partial charge >= 0.3 is 12.4 Å². The second-order valence-electron chi connectivity index (χ2n) is 6.14. The molecule has 0 saturated heterocycles. The average Bonchev–Trinajstić information content (AvgIpc) is 2.52. The lowest BCUT2D eigenvalue weighted by atomic mass is 10.0. The van der Waals surface area contributed by atoms with E-state index >= 15 is 0 Å². The van der Waals surface area contributed by atoms with E-state index in [9.17, 15) is 35.5 Å². The molecule has 11 heteroatoms. The lowest BCUT2D eigenvalue weighted by Crippen LogP contribution is -2.36. The fourth-order valence-electron chi connectivity index (χ4n) is 2.93. The van der Waals surface area contributed by atoms with Gasteiger partial charge in [-0.25, -0.2) is 9.37 Å². The van der Waals surface area contributed by atoms with Crippen LogP contribution in [0.25, 0.3) is 0 Å². The van der Waals surface area contributed by atoms with Crippen molar-refractivity contribution >= 4 is 0 Å². The summed E-state index contributed by atoms with van der Waals surface area (Å²) < 4.78 is 90.2. The fraction of sp³-hybridized carbons (Fsp3) is 0.375. The second kappa shape index (κ2) is 6.63. The van der Waals surface area contributed by atoms with E-state index in [-0.39, 0.29) is 42.9 Å². The number of hydrogen-bond acceptors (Lipinski definition) is 3. The number of aromatic amines is 1. The lowest BCUT2D eigenvalue weighted by Gasteiger charge is -2.28. The highest BCUT2D eigenvalue weighted by Crippen LogP contribution is 2.31. The summed E-state index contributed by atoms with van der Waals surface area (Å²) in [5, 5.41) is 0. The van der Waals surface area contributed by atoms with Gasteiger partial charge < -0.3 is 4.98 Å². The van der Waals surface area contributed by atoms with Crippen LogP contribution in [0.4, 0.5) is 30.7 Å². The summed E-state index contributed by atoms with van der Waals surface area (Å²) in [6, 6.07) is 2.08. The van der Waals surface area contributed by atoms with Gasteiger partial charge in [-0.15, -0.1) is 0 Å². The number of benzene rings is 1. The van der Waals surface area contributed by atoms with Gasteiger partial charge in [-0.2, -0.15) is 26.3 Å². The van der Waals surface area contributed by atoms with Crippen LogP contribution in [0.1, 0.15) is 28.2 Å². The molecule has 2 heterocycles. The lowest BCUT2D eigenvalue weighted by molar-refractivity contribution is -0.145. The van der Waals surface area contributed by atoms with Crippen LogP contribution in [0.3, 0.4) is 0 Å². The van der Waals surface area contributed by atoms with Gasteiger partial charge in [0.05, 0.1) is 11.3 Å². The van der Waals surface area contributed by atoms with Crippen molar-refractivity contribution in [2.24, 2.45) is 0 Å². The molecule has 4 nitrogen and oxygen atoms in total. The molecule has 2 aromatic rings. The largest absolute Gasteiger partial charge is 0.449 e. The van der Waals surface area contributed by atoms with Crippen molar-refractivity contribution in [3.8, 4) is 0 Å².